The van der Waals surface area contributed by atoms with Gasteiger partial charge in [0.25, 0.3) is 0 Å². The Morgan fingerprint density at radius 3 is 2.39 bits per heavy atom. The van der Waals surface area contributed by atoms with Crippen LogP contribution in [0.1, 0.15) is 24.0 Å². The fourth-order valence-corrected chi connectivity index (χ4v) is 3.47. The number of hydrogen-bond acceptors (Lipinski definition) is 4. The maximum absolute atomic E-state index is 12.1. The Hall–Kier alpha value is -2.53. The number of ether oxygens (including phenoxy) is 2. The van der Waals surface area contributed by atoms with Crippen molar-refractivity contribution in [1.82, 2.24) is 10.2 Å². The summed E-state index contributed by atoms with van der Waals surface area (Å²) in [5.41, 5.74) is 2.36. The molecule has 28 heavy (non-hydrogen) atoms. The summed E-state index contributed by atoms with van der Waals surface area (Å²) in [7, 11) is 0. The third kappa shape index (κ3) is 5.99. The lowest BCUT2D eigenvalue weighted by Crippen LogP contribution is -2.44. The number of benzene rings is 2. The molecule has 150 valence electrons. The van der Waals surface area contributed by atoms with Crippen LogP contribution in [0.5, 0.6) is 11.5 Å². The molecule has 0 aromatic heterocycles. The van der Waals surface area contributed by atoms with E-state index in [0.717, 1.165) is 37.4 Å². The number of rotatable bonds is 8. The van der Waals surface area contributed by atoms with Crippen LogP contribution in [0.3, 0.4) is 0 Å². The van der Waals surface area contributed by atoms with Gasteiger partial charge in [-0.15, -0.1) is 0 Å². The Morgan fingerprint density at radius 2 is 1.71 bits per heavy atom. The largest absolute Gasteiger partial charge is 0.492 e. The molecule has 0 saturated carbocycles. The minimum atomic E-state index is 0.0470. The van der Waals surface area contributed by atoms with Crippen molar-refractivity contribution >= 4 is 5.91 Å². The van der Waals surface area contributed by atoms with Crippen LogP contribution in [-0.4, -0.2) is 49.7 Å². The molecule has 2 aromatic rings. The van der Waals surface area contributed by atoms with Crippen LogP contribution >= 0.6 is 0 Å². The summed E-state index contributed by atoms with van der Waals surface area (Å²) in [6.07, 6.45) is 2.11. The summed E-state index contributed by atoms with van der Waals surface area (Å²) in [5, 5.41) is 2.93. The highest BCUT2D eigenvalue weighted by atomic mass is 16.5. The van der Waals surface area contributed by atoms with E-state index in [1.54, 1.807) is 0 Å². The molecule has 0 aliphatic carbocycles. The lowest BCUT2D eigenvalue weighted by molar-refractivity contribution is -0.122. The van der Waals surface area contributed by atoms with Gasteiger partial charge >= 0.3 is 0 Å². The van der Waals surface area contributed by atoms with Crippen LogP contribution in [-0.2, 0) is 4.79 Å². The number of carbonyl (C=O) groups is 1. The molecule has 1 N–H and O–H groups in total. The van der Waals surface area contributed by atoms with Crippen molar-refractivity contribution in [2.24, 2.45) is 0 Å². The van der Waals surface area contributed by atoms with E-state index in [-0.39, 0.29) is 12.0 Å². The Balaban J connectivity index is 1.33. The smallest absolute Gasteiger partial charge is 0.234 e. The number of carbonyl (C=O) groups excluding carboxylic acids is 1. The highest BCUT2D eigenvalue weighted by Crippen LogP contribution is 2.26. The first-order valence-corrected chi connectivity index (χ1v) is 10.0. The van der Waals surface area contributed by atoms with Crippen molar-refractivity contribution in [3.63, 3.8) is 0 Å². The molecule has 1 aliphatic rings. The van der Waals surface area contributed by atoms with Crippen LogP contribution in [0.25, 0.3) is 0 Å². The molecule has 1 heterocycles. The first-order valence-electron chi connectivity index (χ1n) is 10.0. The maximum atomic E-state index is 12.1. The monoisotopic (exact) mass is 382 g/mol. The highest BCUT2D eigenvalue weighted by molar-refractivity contribution is 5.78. The summed E-state index contributed by atoms with van der Waals surface area (Å²) >= 11 is 0. The van der Waals surface area contributed by atoms with Gasteiger partial charge in [-0.1, -0.05) is 36.4 Å². The van der Waals surface area contributed by atoms with Crippen LogP contribution < -0.4 is 14.8 Å². The van der Waals surface area contributed by atoms with Crippen LogP contribution in [0.2, 0.25) is 0 Å². The molecular formula is C23H30N2O3. The molecule has 1 aliphatic heterocycles. The Kier molecular flexibility index (Phi) is 7.31. The van der Waals surface area contributed by atoms with Gasteiger partial charge in [-0.25, -0.2) is 0 Å². The van der Waals surface area contributed by atoms with Gasteiger partial charge in [0, 0.05) is 13.1 Å². The average Bonchev–Trinajstić information content (AvgIpc) is 2.70. The van der Waals surface area contributed by atoms with Gasteiger partial charge in [0.05, 0.1) is 13.1 Å². The zero-order valence-corrected chi connectivity index (χ0v) is 16.8. The van der Waals surface area contributed by atoms with E-state index < -0.39 is 0 Å². The van der Waals surface area contributed by atoms with Crippen molar-refractivity contribution < 1.29 is 14.3 Å². The lowest BCUT2D eigenvalue weighted by atomic mass is 10.1. The lowest BCUT2D eigenvalue weighted by Gasteiger charge is -2.32. The normalized spacial score (nSPS) is 15.2. The predicted octanol–water partition coefficient (Wildman–Crippen LogP) is 3.34. The second kappa shape index (κ2) is 10.1. The Morgan fingerprint density at radius 1 is 1.04 bits per heavy atom. The van der Waals surface area contributed by atoms with Gasteiger partial charge in [0.1, 0.15) is 24.2 Å². The van der Waals surface area contributed by atoms with Crippen LogP contribution in [0, 0.1) is 13.8 Å². The van der Waals surface area contributed by atoms with Gasteiger partial charge in [-0.05, 0) is 49.9 Å². The third-order valence-electron chi connectivity index (χ3n) is 5.03. The summed E-state index contributed by atoms with van der Waals surface area (Å²) in [6.45, 7) is 7.35. The number of nitrogens with zero attached hydrogens (tertiary/aromatic N) is 1. The van der Waals surface area contributed by atoms with E-state index in [4.69, 9.17) is 9.47 Å². The summed E-state index contributed by atoms with van der Waals surface area (Å²) in [5.74, 6) is 1.88. The Bertz CT molecular complexity index is 735. The molecule has 1 amide bonds. The van der Waals surface area contributed by atoms with Crippen molar-refractivity contribution in [2.45, 2.75) is 32.8 Å². The summed E-state index contributed by atoms with van der Waals surface area (Å²) < 4.78 is 11.8. The molecular weight excluding hydrogens is 352 g/mol. The molecule has 0 radical (unpaired) electrons. The molecule has 5 nitrogen and oxygen atoms in total. The predicted molar refractivity (Wildman–Crippen MR) is 111 cm³/mol. The summed E-state index contributed by atoms with van der Waals surface area (Å²) in [4.78, 5) is 14.3. The second-order valence-electron chi connectivity index (χ2n) is 7.33. The summed E-state index contributed by atoms with van der Waals surface area (Å²) in [6, 6.07) is 15.9. The highest BCUT2D eigenvalue weighted by Gasteiger charge is 2.22. The van der Waals surface area contributed by atoms with Gasteiger partial charge in [-0.3, -0.25) is 9.69 Å². The minimum absolute atomic E-state index is 0.0470. The quantitative estimate of drug-likeness (QED) is 0.712. The molecule has 0 unspecified atom stereocenters. The van der Waals surface area contributed by atoms with Crippen molar-refractivity contribution in [3.05, 3.63) is 59.7 Å². The van der Waals surface area contributed by atoms with Gasteiger partial charge in [0.2, 0.25) is 5.91 Å². The van der Waals surface area contributed by atoms with Crippen molar-refractivity contribution in [2.75, 3.05) is 32.8 Å². The molecule has 0 atom stereocenters. The molecule has 1 fully saturated rings. The number of nitrogens with one attached hydrogen (secondary N) is 1. The van der Waals surface area contributed by atoms with Gasteiger partial charge in [-0.2, -0.15) is 0 Å². The van der Waals surface area contributed by atoms with E-state index in [1.807, 2.05) is 30.3 Å². The Labute approximate surface area is 167 Å². The number of likely N-dealkylation sites (tertiary alicyclic amines) is 1. The molecule has 1 saturated heterocycles. The average molecular weight is 383 g/mol. The SMILES string of the molecule is Cc1cccc(C)c1OC1CCN(CC(=O)NCCOc2ccccc2)CC1. The molecule has 2 aromatic carbocycles. The topological polar surface area (TPSA) is 50.8 Å². The zero-order chi connectivity index (χ0) is 19.8. The van der Waals surface area contributed by atoms with Crippen molar-refractivity contribution in [1.29, 1.82) is 0 Å². The first-order chi connectivity index (χ1) is 13.6. The van der Waals surface area contributed by atoms with Gasteiger partial charge < -0.3 is 14.8 Å². The molecule has 3 rings (SSSR count). The number of aryl methyl sites for hydroxylation is 2. The van der Waals surface area contributed by atoms with E-state index in [0.29, 0.717) is 19.7 Å². The molecule has 5 heteroatoms. The van der Waals surface area contributed by atoms with Gasteiger partial charge in [0.15, 0.2) is 0 Å². The zero-order valence-electron chi connectivity index (χ0n) is 16.8. The molecule has 0 bridgehead atoms. The maximum Gasteiger partial charge on any atom is 0.234 e. The minimum Gasteiger partial charge on any atom is -0.492 e. The fourth-order valence-electron chi connectivity index (χ4n) is 3.47. The number of para-hydroxylation sites is 2. The number of piperidine rings is 1. The van der Waals surface area contributed by atoms with E-state index in [9.17, 15) is 4.79 Å². The standard InChI is InChI=1S/C23H30N2O3/c1-18-7-6-8-19(2)23(18)28-21-11-14-25(15-12-21)17-22(26)24-13-16-27-20-9-4-3-5-10-20/h3-10,21H,11-17H2,1-2H3,(H,24,26). The van der Waals surface area contributed by atoms with E-state index in [2.05, 4.69) is 42.3 Å². The van der Waals surface area contributed by atoms with Crippen molar-refractivity contribution in [3.8, 4) is 11.5 Å². The fraction of sp³-hybridized carbons (Fsp3) is 0.435. The first kappa shape index (κ1) is 20.2. The van der Waals surface area contributed by atoms with E-state index in [1.165, 1.54) is 11.1 Å². The van der Waals surface area contributed by atoms with Crippen LogP contribution in [0.4, 0.5) is 0 Å². The molecule has 0 spiro atoms. The number of amides is 1. The number of hydrogen-bond donors (Lipinski definition) is 1. The van der Waals surface area contributed by atoms with E-state index >= 15 is 0 Å². The van der Waals surface area contributed by atoms with Crippen LogP contribution in [0.15, 0.2) is 48.5 Å². The second-order valence-corrected chi connectivity index (χ2v) is 7.33. The third-order valence-corrected chi connectivity index (χ3v) is 5.03.